The monoisotopic (exact) mass is 332 g/mol. The van der Waals surface area contributed by atoms with Gasteiger partial charge in [0.15, 0.2) is 5.60 Å². The number of esters is 1. The van der Waals surface area contributed by atoms with Crippen molar-refractivity contribution in [2.75, 3.05) is 0 Å². The summed E-state index contributed by atoms with van der Waals surface area (Å²) in [6.45, 7) is 12.8. The third-order valence-electron chi connectivity index (χ3n) is 6.75. The van der Waals surface area contributed by atoms with Crippen LogP contribution in [0, 0.1) is 16.7 Å². The van der Waals surface area contributed by atoms with Gasteiger partial charge in [-0.25, -0.2) is 9.68 Å². The van der Waals surface area contributed by atoms with E-state index in [4.69, 9.17) is 9.62 Å². The minimum atomic E-state index is -1.03. The fourth-order valence-electron chi connectivity index (χ4n) is 5.44. The van der Waals surface area contributed by atoms with Gasteiger partial charge in [-0.1, -0.05) is 33.8 Å². The molecule has 132 valence electrons. The van der Waals surface area contributed by atoms with Crippen molar-refractivity contribution >= 4 is 5.97 Å². The van der Waals surface area contributed by atoms with Crippen LogP contribution in [0.1, 0.15) is 59.8 Å². The summed E-state index contributed by atoms with van der Waals surface area (Å²) in [4.78, 5) is 16.8. The predicted octanol–water partition coefficient (Wildman–Crippen LogP) is 4.78. The first-order valence-corrected chi connectivity index (χ1v) is 8.80. The van der Waals surface area contributed by atoms with Crippen LogP contribution in [0.25, 0.3) is 0 Å². The second-order valence-electron chi connectivity index (χ2n) is 8.54. The Kier molecular flexibility index (Phi) is 4.04. The van der Waals surface area contributed by atoms with E-state index in [0.29, 0.717) is 11.7 Å². The quantitative estimate of drug-likeness (QED) is 0.342. The van der Waals surface area contributed by atoms with Crippen molar-refractivity contribution in [2.24, 2.45) is 16.7 Å². The Labute approximate surface area is 144 Å². The van der Waals surface area contributed by atoms with E-state index in [2.05, 4.69) is 27.4 Å². The van der Waals surface area contributed by atoms with Gasteiger partial charge < -0.3 is 4.74 Å². The van der Waals surface area contributed by atoms with Crippen LogP contribution in [0.5, 0.6) is 0 Å². The van der Waals surface area contributed by atoms with Crippen LogP contribution in [0.2, 0.25) is 0 Å². The minimum absolute atomic E-state index is 0.174. The van der Waals surface area contributed by atoms with Gasteiger partial charge in [0.05, 0.1) is 0 Å². The highest BCUT2D eigenvalue weighted by Crippen LogP contribution is 2.64. The van der Waals surface area contributed by atoms with Gasteiger partial charge >= 0.3 is 5.97 Å². The third-order valence-corrected chi connectivity index (χ3v) is 6.75. The van der Waals surface area contributed by atoms with Crippen LogP contribution >= 0.6 is 0 Å². The summed E-state index contributed by atoms with van der Waals surface area (Å²) in [5, 5.41) is 10.0. The first-order chi connectivity index (χ1) is 11.2. The van der Waals surface area contributed by atoms with E-state index in [1.807, 2.05) is 6.92 Å². The van der Waals surface area contributed by atoms with E-state index in [-0.39, 0.29) is 16.8 Å². The highest BCUT2D eigenvalue weighted by atomic mass is 17.1. The molecule has 0 bridgehead atoms. The van der Waals surface area contributed by atoms with E-state index < -0.39 is 5.60 Å². The van der Waals surface area contributed by atoms with Crippen LogP contribution in [-0.2, 0) is 14.4 Å². The molecule has 4 heteroatoms. The minimum Gasteiger partial charge on any atom is -0.423 e. The fourth-order valence-corrected chi connectivity index (χ4v) is 5.44. The first-order valence-electron chi connectivity index (χ1n) is 8.80. The number of allylic oxidation sites excluding steroid dienone is 1. The molecule has 0 radical (unpaired) electrons. The molecule has 3 aliphatic rings. The molecule has 2 aliphatic carbocycles. The summed E-state index contributed by atoms with van der Waals surface area (Å²) in [5.41, 5.74) is 0.464. The predicted molar refractivity (Wildman–Crippen MR) is 92.0 cm³/mol. The molecule has 0 amide bonds. The Hall–Kier alpha value is -1.39. The molecule has 4 nitrogen and oxygen atoms in total. The Morgan fingerprint density at radius 1 is 1.38 bits per heavy atom. The van der Waals surface area contributed by atoms with Gasteiger partial charge in [0, 0.05) is 11.5 Å². The Morgan fingerprint density at radius 2 is 2.08 bits per heavy atom. The lowest BCUT2D eigenvalue weighted by atomic mass is 9.46. The molecule has 0 aromatic carbocycles. The van der Waals surface area contributed by atoms with E-state index in [0.717, 1.165) is 36.8 Å². The molecule has 1 aliphatic heterocycles. The molecule has 0 aromatic rings. The summed E-state index contributed by atoms with van der Waals surface area (Å²) in [5.74, 6) is 0.494. The first kappa shape index (κ1) is 17.4. The summed E-state index contributed by atoms with van der Waals surface area (Å²) < 4.78 is 5.33. The van der Waals surface area contributed by atoms with Gasteiger partial charge in [0.2, 0.25) is 0 Å². The molecule has 24 heavy (non-hydrogen) atoms. The van der Waals surface area contributed by atoms with Gasteiger partial charge in [-0.15, -0.1) is 0 Å². The van der Waals surface area contributed by atoms with Gasteiger partial charge in [-0.2, -0.15) is 0 Å². The highest BCUT2D eigenvalue weighted by molar-refractivity contribution is 5.88. The van der Waals surface area contributed by atoms with Crippen molar-refractivity contribution in [3.8, 4) is 0 Å². The summed E-state index contributed by atoms with van der Waals surface area (Å²) in [6, 6.07) is 0. The van der Waals surface area contributed by atoms with Crippen LogP contribution in [0.3, 0.4) is 0 Å². The Bertz CT molecular complexity index is 642. The zero-order valence-electron chi connectivity index (χ0n) is 15.1. The Balaban J connectivity index is 2.13. The molecule has 2 fully saturated rings. The van der Waals surface area contributed by atoms with Crippen LogP contribution in [0.4, 0.5) is 0 Å². The number of hydrogen-bond acceptors (Lipinski definition) is 4. The lowest BCUT2D eigenvalue weighted by Crippen LogP contribution is -2.60. The number of carbonyl (C=O) groups excluding carboxylic acids is 1. The second-order valence-corrected chi connectivity index (χ2v) is 8.54. The van der Waals surface area contributed by atoms with Crippen LogP contribution < -0.4 is 0 Å². The van der Waals surface area contributed by atoms with Gasteiger partial charge in [0.25, 0.3) is 0 Å². The van der Waals surface area contributed by atoms with E-state index in [1.165, 1.54) is 12.5 Å². The number of ether oxygens (including phenoxy) is 1. The lowest BCUT2D eigenvalue weighted by molar-refractivity contribution is -0.342. The van der Waals surface area contributed by atoms with Crippen molar-refractivity contribution in [1.29, 1.82) is 0 Å². The SMILES string of the molecule is C=C1CC[C@H]2C(C)(C)CCC[C@]2(C)[C@]1(/C=C1\OC(=O)C=C1C)OO. The molecule has 3 rings (SSSR count). The van der Waals surface area contributed by atoms with Crippen LogP contribution in [0.15, 0.2) is 35.6 Å². The maximum Gasteiger partial charge on any atom is 0.336 e. The third kappa shape index (κ3) is 2.31. The zero-order valence-corrected chi connectivity index (χ0v) is 15.1. The van der Waals surface area contributed by atoms with E-state index >= 15 is 0 Å². The molecule has 0 saturated heterocycles. The summed E-state index contributed by atoms with van der Waals surface area (Å²) >= 11 is 0. The van der Waals surface area contributed by atoms with Crippen molar-refractivity contribution in [3.05, 3.63) is 35.6 Å². The molecule has 3 atom stereocenters. The standard InChI is InChI=1S/C20H28O4/c1-13-11-17(21)23-15(13)12-20(24-22)14(2)7-8-16-18(3,4)9-6-10-19(16,20)5/h11-12,16,22H,2,6-10H2,1,3-5H3/b15-12-/t16-,19-,20+/m0/s1. The number of fused-ring (bicyclic) bond motifs is 1. The lowest BCUT2D eigenvalue weighted by Gasteiger charge is -2.60. The van der Waals surface area contributed by atoms with Gasteiger partial charge in [-0.3, -0.25) is 5.26 Å². The van der Waals surface area contributed by atoms with E-state index in [9.17, 15) is 10.1 Å². The fraction of sp³-hybridized carbons (Fsp3) is 0.650. The average Bonchev–Trinajstić information content (AvgIpc) is 2.79. The topological polar surface area (TPSA) is 55.8 Å². The molecule has 0 spiro atoms. The van der Waals surface area contributed by atoms with Gasteiger partial charge in [0.1, 0.15) is 5.76 Å². The summed E-state index contributed by atoms with van der Waals surface area (Å²) in [7, 11) is 0. The normalized spacial score (nSPS) is 40.3. The molecule has 0 unspecified atom stereocenters. The van der Waals surface area contributed by atoms with Crippen molar-refractivity contribution in [2.45, 2.75) is 65.4 Å². The van der Waals surface area contributed by atoms with Crippen molar-refractivity contribution in [1.82, 2.24) is 0 Å². The molecule has 1 N–H and O–H groups in total. The smallest absolute Gasteiger partial charge is 0.336 e. The van der Waals surface area contributed by atoms with Crippen molar-refractivity contribution in [3.63, 3.8) is 0 Å². The van der Waals surface area contributed by atoms with Gasteiger partial charge in [-0.05, 0) is 61.2 Å². The second kappa shape index (κ2) is 5.57. The Morgan fingerprint density at radius 3 is 2.67 bits per heavy atom. The average molecular weight is 332 g/mol. The van der Waals surface area contributed by atoms with Crippen molar-refractivity contribution < 1.29 is 19.7 Å². The van der Waals surface area contributed by atoms with Crippen LogP contribution in [-0.4, -0.2) is 16.8 Å². The molecular formula is C20H28O4. The number of carbonyl (C=O) groups is 1. The molecule has 2 saturated carbocycles. The molecular weight excluding hydrogens is 304 g/mol. The molecule has 0 aromatic heterocycles. The largest absolute Gasteiger partial charge is 0.423 e. The maximum atomic E-state index is 11.6. The summed E-state index contributed by atoms with van der Waals surface area (Å²) in [6.07, 6.45) is 8.30. The maximum absolute atomic E-state index is 11.6. The number of hydrogen-bond donors (Lipinski definition) is 1. The van der Waals surface area contributed by atoms with E-state index in [1.54, 1.807) is 6.08 Å². The zero-order chi connectivity index (χ0) is 17.8. The highest BCUT2D eigenvalue weighted by Gasteiger charge is 2.62. The molecule has 1 heterocycles. The number of cyclic esters (lactones) is 1. The number of rotatable bonds is 2.